The Kier molecular flexibility index (Phi) is 7.02. The number of halogens is 3. The second-order valence-corrected chi connectivity index (χ2v) is 7.86. The van der Waals surface area contributed by atoms with Crippen LogP contribution in [0.15, 0.2) is 39.8 Å². The van der Waals surface area contributed by atoms with Crippen molar-refractivity contribution in [3.63, 3.8) is 0 Å². The molecule has 6 nitrogen and oxygen atoms in total. The number of aliphatic imine (C=N–C) groups is 1. The number of hydrogen-bond donors (Lipinski definition) is 2. The maximum absolute atomic E-state index is 12.7. The van der Waals surface area contributed by atoms with Crippen molar-refractivity contribution < 1.29 is 17.7 Å². The molecule has 1 atom stereocenters. The van der Waals surface area contributed by atoms with Gasteiger partial charge in [0.25, 0.3) is 0 Å². The lowest BCUT2D eigenvalue weighted by atomic mass is 10.1. The Labute approximate surface area is 174 Å². The summed E-state index contributed by atoms with van der Waals surface area (Å²) >= 11 is 0. The molecule has 3 rings (SSSR count). The molecule has 1 aliphatic rings. The SMILES string of the molecule is CN=C(NCc1cc(C(C)C)no1)NC1CCN(Cc2ccc(C(F)(F)F)cc2)C1. The van der Waals surface area contributed by atoms with Gasteiger partial charge in [0.05, 0.1) is 17.8 Å². The van der Waals surface area contributed by atoms with Crippen molar-refractivity contribution in [1.82, 2.24) is 20.7 Å². The van der Waals surface area contributed by atoms with Gasteiger partial charge < -0.3 is 15.2 Å². The summed E-state index contributed by atoms with van der Waals surface area (Å²) in [6, 6.07) is 7.53. The highest BCUT2D eigenvalue weighted by Crippen LogP contribution is 2.29. The Morgan fingerprint density at radius 3 is 2.63 bits per heavy atom. The molecule has 2 aromatic rings. The minimum absolute atomic E-state index is 0.214. The molecule has 0 aliphatic carbocycles. The fourth-order valence-corrected chi connectivity index (χ4v) is 3.39. The molecule has 1 aliphatic heterocycles. The normalized spacial score (nSPS) is 18.2. The van der Waals surface area contributed by atoms with Crippen LogP contribution in [0.5, 0.6) is 0 Å². The van der Waals surface area contributed by atoms with Gasteiger partial charge in [-0.25, -0.2) is 0 Å². The number of aromatic nitrogens is 1. The van der Waals surface area contributed by atoms with E-state index in [0.717, 1.165) is 48.7 Å². The molecule has 0 bridgehead atoms. The van der Waals surface area contributed by atoms with E-state index in [2.05, 4.69) is 39.5 Å². The van der Waals surface area contributed by atoms with E-state index in [1.165, 1.54) is 0 Å². The van der Waals surface area contributed by atoms with Gasteiger partial charge in [-0.2, -0.15) is 13.2 Å². The topological polar surface area (TPSA) is 65.7 Å². The van der Waals surface area contributed by atoms with Crippen molar-refractivity contribution in [1.29, 1.82) is 0 Å². The van der Waals surface area contributed by atoms with Crippen LogP contribution >= 0.6 is 0 Å². The molecule has 2 heterocycles. The van der Waals surface area contributed by atoms with Crippen LogP contribution in [0.3, 0.4) is 0 Å². The van der Waals surface area contributed by atoms with Crippen molar-refractivity contribution in [3.05, 3.63) is 52.9 Å². The predicted octanol–water partition coefficient (Wildman–Crippen LogP) is 3.76. The van der Waals surface area contributed by atoms with Crippen LogP contribution in [0.25, 0.3) is 0 Å². The van der Waals surface area contributed by atoms with Crippen molar-refractivity contribution in [2.24, 2.45) is 4.99 Å². The Bertz CT molecular complexity index is 845. The Balaban J connectivity index is 1.46. The van der Waals surface area contributed by atoms with Gasteiger partial charge in [0.2, 0.25) is 0 Å². The smallest absolute Gasteiger partial charge is 0.359 e. The Hall–Kier alpha value is -2.55. The zero-order chi connectivity index (χ0) is 21.7. The molecule has 9 heteroatoms. The quantitative estimate of drug-likeness (QED) is 0.547. The first-order chi connectivity index (χ1) is 14.2. The Morgan fingerprint density at radius 1 is 1.30 bits per heavy atom. The highest BCUT2D eigenvalue weighted by molar-refractivity contribution is 5.79. The average Bonchev–Trinajstić information content (AvgIpc) is 3.34. The largest absolute Gasteiger partial charge is 0.416 e. The summed E-state index contributed by atoms with van der Waals surface area (Å²) in [6.45, 7) is 6.90. The van der Waals surface area contributed by atoms with E-state index in [1.54, 1.807) is 19.2 Å². The summed E-state index contributed by atoms with van der Waals surface area (Å²) in [7, 11) is 1.71. The Morgan fingerprint density at radius 2 is 2.03 bits per heavy atom. The lowest BCUT2D eigenvalue weighted by Gasteiger charge is -2.19. The van der Waals surface area contributed by atoms with Gasteiger partial charge in [-0.1, -0.05) is 31.1 Å². The summed E-state index contributed by atoms with van der Waals surface area (Å²) in [5.41, 5.74) is 1.18. The van der Waals surface area contributed by atoms with E-state index >= 15 is 0 Å². The lowest BCUT2D eigenvalue weighted by molar-refractivity contribution is -0.137. The van der Waals surface area contributed by atoms with Crippen molar-refractivity contribution in [2.75, 3.05) is 20.1 Å². The molecule has 0 amide bonds. The molecule has 30 heavy (non-hydrogen) atoms. The average molecular weight is 423 g/mol. The van der Waals surface area contributed by atoms with Gasteiger partial charge >= 0.3 is 6.18 Å². The van der Waals surface area contributed by atoms with Crippen molar-refractivity contribution in [2.45, 2.75) is 51.5 Å². The van der Waals surface area contributed by atoms with Gasteiger partial charge in [-0.3, -0.25) is 9.89 Å². The minimum Gasteiger partial charge on any atom is -0.359 e. The summed E-state index contributed by atoms with van der Waals surface area (Å²) < 4.78 is 43.4. The van der Waals surface area contributed by atoms with Crippen LogP contribution in [0.2, 0.25) is 0 Å². The van der Waals surface area contributed by atoms with E-state index < -0.39 is 11.7 Å². The van der Waals surface area contributed by atoms with E-state index in [9.17, 15) is 13.2 Å². The molecule has 2 N–H and O–H groups in total. The second kappa shape index (κ2) is 9.51. The zero-order valence-electron chi connectivity index (χ0n) is 17.5. The monoisotopic (exact) mass is 423 g/mol. The fraction of sp³-hybridized carbons (Fsp3) is 0.524. The molecule has 0 radical (unpaired) electrons. The van der Waals surface area contributed by atoms with Crippen LogP contribution < -0.4 is 10.6 Å². The van der Waals surface area contributed by atoms with Crippen LogP contribution in [-0.2, 0) is 19.3 Å². The van der Waals surface area contributed by atoms with E-state index in [-0.39, 0.29) is 6.04 Å². The first-order valence-electron chi connectivity index (χ1n) is 10.1. The molecular weight excluding hydrogens is 395 g/mol. The van der Waals surface area contributed by atoms with Crippen LogP contribution in [0.4, 0.5) is 13.2 Å². The lowest BCUT2D eigenvalue weighted by Crippen LogP contribution is -2.44. The number of rotatable bonds is 6. The summed E-state index contributed by atoms with van der Waals surface area (Å²) in [4.78, 5) is 6.48. The molecule has 0 spiro atoms. The number of nitrogens with one attached hydrogen (secondary N) is 2. The molecule has 1 unspecified atom stereocenters. The predicted molar refractivity (Wildman–Crippen MR) is 109 cm³/mol. The number of guanidine groups is 1. The van der Waals surface area contributed by atoms with Gasteiger partial charge in [0.15, 0.2) is 11.7 Å². The molecule has 1 aromatic heterocycles. The number of benzene rings is 1. The maximum Gasteiger partial charge on any atom is 0.416 e. The second-order valence-electron chi connectivity index (χ2n) is 7.86. The van der Waals surface area contributed by atoms with Crippen LogP contribution in [0, 0.1) is 0 Å². The number of alkyl halides is 3. The van der Waals surface area contributed by atoms with Gasteiger partial charge in [0.1, 0.15) is 0 Å². The highest BCUT2D eigenvalue weighted by atomic mass is 19.4. The van der Waals surface area contributed by atoms with E-state index in [0.29, 0.717) is 25.0 Å². The van der Waals surface area contributed by atoms with Crippen LogP contribution in [0.1, 0.15) is 48.8 Å². The van der Waals surface area contributed by atoms with Crippen molar-refractivity contribution in [3.8, 4) is 0 Å². The van der Waals surface area contributed by atoms with Gasteiger partial charge in [-0.15, -0.1) is 0 Å². The maximum atomic E-state index is 12.7. The standard InChI is InChI=1S/C21H28F3N5O/c1-14(2)19-10-18(30-28-19)11-26-20(25-3)27-17-8-9-29(13-17)12-15-4-6-16(7-5-15)21(22,23)24/h4-7,10,14,17H,8-9,11-13H2,1-3H3,(H2,25,26,27). The molecule has 1 fully saturated rings. The number of hydrogen-bond acceptors (Lipinski definition) is 4. The third-order valence-electron chi connectivity index (χ3n) is 5.12. The third kappa shape index (κ3) is 5.98. The summed E-state index contributed by atoms with van der Waals surface area (Å²) in [5, 5.41) is 10.7. The molecule has 1 saturated heterocycles. The molecule has 1 aromatic carbocycles. The molecule has 0 saturated carbocycles. The number of likely N-dealkylation sites (tertiary alicyclic amines) is 1. The third-order valence-corrected chi connectivity index (χ3v) is 5.12. The fourth-order valence-electron chi connectivity index (χ4n) is 3.39. The first kappa shape index (κ1) is 22.1. The van der Waals surface area contributed by atoms with Crippen molar-refractivity contribution >= 4 is 5.96 Å². The summed E-state index contributed by atoms with van der Waals surface area (Å²) in [6.07, 6.45) is -3.37. The molecule has 164 valence electrons. The zero-order valence-corrected chi connectivity index (χ0v) is 17.5. The summed E-state index contributed by atoms with van der Waals surface area (Å²) in [5.74, 6) is 1.74. The van der Waals surface area contributed by atoms with E-state index in [4.69, 9.17) is 4.52 Å². The number of nitrogens with zero attached hydrogens (tertiary/aromatic N) is 3. The minimum atomic E-state index is -4.30. The van der Waals surface area contributed by atoms with E-state index in [1.807, 2.05) is 6.07 Å². The van der Waals surface area contributed by atoms with Gasteiger partial charge in [-0.05, 0) is 30.0 Å². The molecular formula is C21H28F3N5O. The van der Waals surface area contributed by atoms with Crippen LogP contribution in [-0.4, -0.2) is 42.2 Å². The van der Waals surface area contributed by atoms with Gasteiger partial charge in [0, 0.05) is 38.8 Å². The first-order valence-corrected chi connectivity index (χ1v) is 10.1. The highest BCUT2D eigenvalue weighted by Gasteiger charge is 2.30.